The number of benzene rings is 3. The number of halogens is 1. The Morgan fingerprint density at radius 3 is 2.30 bits per heavy atom. The maximum Gasteiger partial charge on any atom is 0.261 e. The second-order valence-corrected chi connectivity index (χ2v) is 9.43. The molecule has 3 aromatic carbocycles. The second kappa shape index (κ2) is 9.13. The quantitative estimate of drug-likeness (QED) is 0.492. The number of ether oxygens (including phenoxy) is 1. The van der Waals surface area contributed by atoms with E-state index >= 15 is 0 Å². The summed E-state index contributed by atoms with van der Waals surface area (Å²) in [5.74, 6) is -0.0931. The Balaban J connectivity index is 1.45. The third-order valence-electron chi connectivity index (χ3n) is 5.06. The molecule has 8 nitrogen and oxygen atoms in total. The van der Waals surface area contributed by atoms with Crippen LogP contribution >= 0.6 is 11.6 Å². The Hall–Kier alpha value is -3.56. The van der Waals surface area contributed by atoms with Crippen molar-refractivity contribution in [3.8, 4) is 5.75 Å². The maximum absolute atomic E-state index is 12.8. The second-order valence-electron chi connectivity index (χ2n) is 7.31. The van der Waals surface area contributed by atoms with Crippen molar-refractivity contribution in [2.24, 2.45) is 0 Å². The minimum atomic E-state index is -3.82. The number of nitrogens with one attached hydrogen (secondary N) is 2. The van der Waals surface area contributed by atoms with Gasteiger partial charge >= 0.3 is 0 Å². The number of rotatable bonds is 7. The lowest BCUT2D eigenvalue weighted by Crippen LogP contribution is -2.34. The normalized spacial score (nSPS) is 16.1. The molecule has 4 rings (SSSR count). The van der Waals surface area contributed by atoms with E-state index in [0.717, 1.165) is 4.90 Å². The van der Waals surface area contributed by atoms with E-state index in [1.54, 1.807) is 54.6 Å². The Kier molecular flexibility index (Phi) is 6.26. The Morgan fingerprint density at radius 1 is 0.970 bits per heavy atom. The fourth-order valence-electron chi connectivity index (χ4n) is 3.44. The van der Waals surface area contributed by atoms with Crippen molar-refractivity contribution < 1.29 is 22.7 Å². The van der Waals surface area contributed by atoms with Crippen LogP contribution in [0.1, 0.15) is 6.42 Å². The van der Waals surface area contributed by atoms with E-state index in [1.807, 2.05) is 0 Å². The smallest absolute Gasteiger partial charge is 0.261 e. The third-order valence-corrected chi connectivity index (χ3v) is 6.69. The number of carbonyl (C=O) groups is 2. The molecule has 0 bridgehead atoms. The van der Waals surface area contributed by atoms with Crippen LogP contribution in [0.2, 0.25) is 5.02 Å². The van der Waals surface area contributed by atoms with Crippen LogP contribution in [0.3, 0.4) is 0 Å². The van der Waals surface area contributed by atoms with Gasteiger partial charge in [0.1, 0.15) is 11.8 Å². The number of imide groups is 1. The summed E-state index contributed by atoms with van der Waals surface area (Å²) in [6, 6.07) is 18.2. The van der Waals surface area contributed by atoms with E-state index in [9.17, 15) is 18.0 Å². The van der Waals surface area contributed by atoms with Gasteiger partial charge in [-0.1, -0.05) is 17.7 Å². The van der Waals surface area contributed by atoms with E-state index in [0.29, 0.717) is 27.8 Å². The molecule has 0 saturated carbocycles. The van der Waals surface area contributed by atoms with Gasteiger partial charge in [-0.2, -0.15) is 0 Å². The van der Waals surface area contributed by atoms with Gasteiger partial charge in [0.25, 0.3) is 15.9 Å². The summed E-state index contributed by atoms with van der Waals surface area (Å²) in [7, 11) is -2.29. The molecule has 1 fully saturated rings. The predicted molar refractivity (Wildman–Crippen MR) is 126 cm³/mol. The van der Waals surface area contributed by atoms with Gasteiger partial charge in [0.05, 0.1) is 29.8 Å². The first-order valence-corrected chi connectivity index (χ1v) is 11.8. The van der Waals surface area contributed by atoms with Gasteiger partial charge in [-0.3, -0.25) is 14.3 Å². The van der Waals surface area contributed by atoms with Crippen molar-refractivity contribution in [2.45, 2.75) is 17.4 Å². The first-order chi connectivity index (χ1) is 15.8. The molecule has 1 atom stereocenters. The van der Waals surface area contributed by atoms with E-state index in [-0.39, 0.29) is 23.1 Å². The van der Waals surface area contributed by atoms with Crippen LogP contribution in [0, 0.1) is 0 Å². The highest BCUT2D eigenvalue weighted by Crippen LogP contribution is 2.27. The molecule has 170 valence electrons. The molecular formula is C23H20ClN3O5S. The summed E-state index contributed by atoms with van der Waals surface area (Å²) in [5.41, 5.74) is 1.32. The standard InChI is InChI=1S/C23H20ClN3O5S/c1-32-19-9-7-18(8-10-19)27-22(28)14-21(23(27)29)25-16-5-11-20(12-6-16)33(30,31)26-17-4-2-3-15(24)13-17/h2-13,21,25-26H,14H2,1H3. The molecule has 1 aliphatic heterocycles. The van der Waals surface area contributed by atoms with Crippen molar-refractivity contribution >= 4 is 50.5 Å². The molecule has 3 aromatic rings. The number of methoxy groups -OCH3 is 1. The van der Waals surface area contributed by atoms with Gasteiger partial charge in [0.15, 0.2) is 0 Å². The number of hydrogen-bond acceptors (Lipinski definition) is 6. The summed E-state index contributed by atoms with van der Waals surface area (Å²) in [5, 5.41) is 3.42. The summed E-state index contributed by atoms with van der Waals surface area (Å²) in [6.45, 7) is 0. The van der Waals surface area contributed by atoms with E-state index in [4.69, 9.17) is 16.3 Å². The molecule has 1 unspecified atom stereocenters. The summed E-state index contributed by atoms with van der Waals surface area (Å²) in [6.07, 6.45) is -0.0127. The number of nitrogens with zero attached hydrogens (tertiary/aromatic N) is 1. The first kappa shape index (κ1) is 22.6. The van der Waals surface area contributed by atoms with Crippen LogP contribution in [0.5, 0.6) is 5.75 Å². The largest absolute Gasteiger partial charge is 0.497 e. The maximum atomic E-state index is 12.8. The lowest BCUT2D eigenvalue weighted by atomic mass is 10.2. The van der Waals surface area contributed by atoms with Crippen LogP contribution < -0.4 is 19.7 Å². The van der Waals surface area contributed by atoms with Crippen LogP contribution in [0.15, 0.2) is 77.7 Å². The molecule has 1 heterocycles. The molecule has 0 spiro atoms. The monoisotopic (exact) mass is 485 g/mol. The van der Waals surface area contributed by atoms with Crippen LogP contribution in [-0.2, 0) is 19.6 Å². The highest BCUT2D eigenvalue weighted by molar-refractivity contribution is 7.92. The predicted octanol–water partition coefficient (Wildman–Crippen LogP) is 3.89. The molecule has 1 aliphatic rings. The highest BCUT2D eigenvalue weighted by atomic mass is 35.5. The lowest BCUT2D eigenvalue weighted by molar-refractivity contribution is -0.121. The molecule has 1 saturated heterocycles. The van der Waals surface area contributed by atoms with Crippen molar-refractivity contribution in [3.05, 3.63) is 77.8 Å². The zero-order valence-electron chi connectivity index (χ0n) is 17.5. The zero-order chi connectivity index (χ0) is 23.6. The van der Waals surface area contributed by atoms with Crippen LogP contribution in [-0.4, -0.2) is 33.4 Å². The molecule has 2 N–H and O–H groups in total. The average Bonchev–Trinajstić information content (AvgIpc) is 3.06. The number of sulfonamides is 1. The number of carbonyl (C=O) groups excluding carboxylic acids is 2. The number of anilines is 3. The van der Waals surface area contributed by atoms with Gasteiger partial charge in [0, 0.05) is 10.7 Å². The third kappa shape index (κ3) is 4.94. The SMILES string of the molecule is COc1ccc(N2C(=O)CC(Nc3ccc(S(=O)(=O)Nc4cccc(Cl)c4)cc3)C2=O)cc1. The minimum Gasteiger partial charge on any atom is -0.497 e. The zero-order valence-corrected chi connectivity index (χ0v) is 19.1. The van der Waals surface area contributed by atoms with E-state index in [2.05, 4.69) is 10.0 Å². The molecular weight excluding hydrogens is 466 g/mol. The Bertz CT molecular complexity index is 1290. The molecule has 0 aromatic heterocycles. The first-order valence-electron chi connectivity index (χ1n) is 9.93. The summed E-state index contributed by atoms with van der Waals surface area (Å²) in [4.78, 5) is 26.5. The fourth-order valence-corrected chi connectivity index (χ4v) is 4.68. The fraction of sp³-hybridized carbons (Fsp3) is 0.130. The number of amides is 2. The van der Waals surface area contributed by atoms with Crippen molar-refractivity contribution in [3.63, 3.8) is 0 Å². The molecule has 0 aliphatic carbocycles. The molecule has 2 amide bonds. The average molecular weight is 486 g/mol. The van der Waals surface area contributed by atoms with Gasteiger partial charge in [0.2, 0.25) is 5.91 Å². The highest BCUT2D eigenvalue weighted by Gasteiger charge is 2.39. The molecule has 0 radical (unpaired) electrons. The van der Waals surface area contributed by atoms with Gasteiger partial charge in [-0.25, -0.2) is 13.3 Å². The van der Waals surface area contributed by atoms with E-state index < -0.39 is 16.1 Å². The molecule has 33 heavy (non-hydrogen) atoms. The number of hydrogen-bond donors (Lipinski definition) is 2. The summed E-state index contributed by atoms with van der Waals surface area (Å²) >= 11 is 5.90. The van der Waals surface area contributed by atoms with Crippen molar-refractivity contribution in [1.29, 1.82) is 0 Å². The Morgan fingerprint density at radius 2 is 1.67 bits per heavy atom. The van der Waals surface area contributed by atoms with Gasteiger partial charge in [-0.05, 0) is 66.7 Å². The summed E-state index contributed by atoms with van der Waals surface area (Å²) < 4.78 is 32.8. The van der Waals surface area contributed by atoms with E-state index in [1.165, 1.54) is 25.3 Å². The van der Waals surface area contributed by atoms with Crippen molar-refractivity contribution in [2.75, 3.05) is 22.0 Å². The van der Waals surface area contributed by atoms with Crippen LogP contribution in [0.25, 0.3) is 0 Å². The Labute approximate surface area is 196 Å². The van der Waals surface area contributed by atoms with Gasteiger partial charge < -0.3 is 10.1 Å². The minimum absolute atomic E-state index is 0.0127. The van der Waals surface area contributed by atoms with Crippen LogP contribution in [0.4, 0.5) is 17.1 Å². The topological polar surface area (TPSA) is 105 Å². The van der Waals surface area contributed by atoms with Gasteiger partial charge in [-0.15, -0.1) is 0 Å². The lowest BCUT2D eigenvalue weighted by Gasteiger charge is -2.16. The molecule has 10 heteroatoms. The van der Waals surface area contributed by atoms with Crippen molar-refractivity contribution in [1.82, 2.24) is 0 Å².